The molecular weight excluding hydrogens is 320 g/mol. The molecule has 0 radical (unpaired) electrons. The second kappa shape index (κ2) is 6.30. The Bertz CT molecular complexity index is 712. The number of amides is 1. The number of anilines is 1. The van der Waals surface area contributed by atoms with Gasteiger partial charge in [-0.15, -0.1) is 10.2 Å². The molecule has 2 aromatic rings. The van der Waals surface area contributed by atoms with Gasteiger partial charge in [0, 0.05) is 13.0 Å². The van der Waals surface area contributed by atoms with Crippen LogP contribution in [0.2, 0.25) is 5.02 Å². The Morgan fingerprint density at radius 2 is 2.23 bits per heavy atom. The lowest BCUT2D eigenvalue weighted by Gasteiger charge is -2.08. The van der Waals surface area contributed by atoms with Crippen molar-refractivity contribution >= 4 is 35.0 Å². The highest BCUT2D eigenvalue weighted by Crippen LogP contribution is 2.39. The normalized spacial score (nSPS) is 14.1. The number of thioether (sulfide) groups is 1. The van der Waals surface area contributed by atoms with Crippen LogP contribution in [0.4, 0.5) is 5.69 Å². The Morgan fingerprint density at radius 3 is 2.95 bits per heavy atom. The van der Waals surface area contributed by atoms with Crippen molar-refractivity contribution < 1.29 is 4.79 Å². The topological polar surface area (TPSA) is 59.8 Å². The quantitative estimate of drug-likeness (QED) is 0.850. The van der Waals surface area contributed by atoms with Crippen molar-refractivity contribution in [2.75, 3.05) is 11.1 Å². The van der Waals surface area contributed by atoms with Gasteiger partial charge in [-0.3, -0.25) is 4.79 Å². The van der Waals surface area contributed by atoms with Crippen LogP contribution in [0.3, 0.4) is 0 Å². The summed E-state index contributed by atoms with van der Waals surface area (Å²) in [6, 6.07) is 5.55. The van der Waals surface area contributed by atoms with Crippen LogP contribution in [0, 0.1) is 6.92 Å². The molecule has 1 aromatic carbocycles. The molecular formula is C15H17ClN4OS. The van der Waals surface area contributed by atoms with E-state index in [1.165, 1.54) is 24.6 Å². The number of aromatic nitrogens is 3. The zero-order valence-electron chi connectivity index (χ0n) is 12.5. The number of carbonyl (C=O) groups excluding carboxylic acids is 1. The number of benzene rings is 1. The first kappa shape index (κ1) is 15.4. The highest BCUT2D eigenvalue weighted by molar-refractivity contribution is 7.99. The van der Waals surface area contributed by atoms with Crippen molar-refractivity contribution in [3.63, 3.8) is 0 Å². The monoisotopic (exact) mass is 336 g/mol. The molecule has 0 bridgehead atoms. The summed E-state index contributed by atoms with van der Waals surface area (Å²) in [6.45, 7) is 1.96. The first-order chi connectivity index (χ1) is 10.5. The van der Waals surface area contributed by atoms with Gasteiger partial charge in [-0.25, -0.2) is 0 Å². The van der Waals surface area contributed by atoms with Gasteiger partial charge in [0.05, 0.1) is 16.5 Å². The molecule has 1 amide bonds. The molecule has 1 aliphatic carbocycles. The van der Waals surface area contributed by atoms with Gasteiger partial charge in [0.1, 0.15) is 5.82 Å². The molecule has 0 unspecified atom stereocenters. The van der Waals surface area contributed by atoms with E-state index in [-0.39, 0.29) is 11.7 Å². The van der Waals surface area contributed by atoms with Crippen molar-refractivity contribution in [1.82, 2.24) is 14.8 Å². The first-order valence-electron chi connectivity index (χ1n) is 7.12. The summed E-state index contributed by atoms with van der Waals surface area (Å²) >= 11 is 7.46. The van der Waals surface area contributed by atoms with Crippen LogP contribution in [0.25, 0.3) is 0 Å². The van der Waals surface area contributed by atoms with Gasteiger partial charge in [-0.05, 0) is 37.5 Å². The molecule has 0 spiro atoms. The van der Waals surface area contributed by atoms with E-state index in [2.05, 4.69) is 15.5 Å². The van der Waals surface area contributed by atoms with Gasteiger partial charge < -0.3 is 9.88 Å². The Kier molecular flexibility index (Phi) is 4.40. The summed E-state index contributed by atoms with van der Waals surface area (Å²) < 4.78 is 1.98. The third-order valence-electron chi connectivity index (χ3n) is 3.54. The summed E-state index contributed by atoms with van der Waals surface area (Å²) in [4.78, 5) is 12.1. The summed E-state index contributed by atoms with van der Waals surface area (Å²) in [5, 5.41) is 12.5. The van der Waals surface area contributed by atoms with Crippen LogP contribution < -0.4 is 5.32 Å². The van der Waals surface area contributed by atoms with E-state index in [0.29, 0.717) is 16.6 Å². The molecule has 22 heavy (non-hydrogen) atoms. The molecule has 1 heterocycles. The fourth-order valence-electron chi connectivity index (χ4n) is 2.20. The maximum absolute atomic E-state index is 12.1. The number of nitrogens with zero attached hydrogens (tertiary/aromatic N) is 3. The molecule has 0 saturated heterocycles. The highest BCUT2D eigenvalue weighted by atomic mass is 35.5. The Balaban J connectivity index is 1.59. The standard InChI is InChI=1S/C15H17ClN4OS/c1-9-3-6-11(16)12(7-9)17-13(21)8-22-15-19-18-14(20(15)2)10-4-5-10/h3,6-7,10H,4-5,8H2,1-2H3,(H,17,21). The molecule has 1 fully saturated rings. The van der Waals surface area contributed by atoms with Crippen LogP contribution in [0.5, 0.6) is 0 Å². The molecule has 116 valence electrons. The van der Waals surface area contributed by atoms with Gasteiger partial charge in [0.2, 0.25) is 5.91 Å². The number of aryl methyl sites for hydroxylation is 1. The van der Waals surface area contributed by atoms with Crippen molar-refractivity contribution in [2.24, 2.45) is 7.05 Å². The number of nitrogens with one attached hydrogen (secondary N) is 1. The number of hydrogen-bond donors (Lipinski definition) is 1. The summed E-state index contributed by atoms with van der Waals surface area (Å²) in [6.07, 6.45) is 2.37. The maximum Gasteiger partial charge on any atom is 0.234 e. The van der Waals surface area contributed by atoms with E-state index in [1.807, 2.05) is 30.7 Å². The van der Waals surface area contributed by atoms with Gasteiger partial charge in [-0.1, -0.05) is 29.4 Å². The molecule has 1 N–H and O–H groups in total. The largest absolute Gasteiger partial charge is 0.324 e. The SMILES string of the molecule is Cc1ccc(Cl)c(NC(=O)CSc2nnc(C3CC3)n2C)c1. The summed E-state index contributed by atoms with van der Waals surface area (Å²) in [5.74, 6) is 1.74. The second-order valence-electron chi connectivity index (χ2n) is 5.49. The molecule has 3 rings (SSSR count). The van der Waals surface area contributed by atoms with Gasteiger partial charge in [0.15, 0.2) is 5.16 Å². The average molecular weight is 337 g/mol. The number of hydrogen-bond acceptors (Lipinski definition) is 4. The molecule has 5 nitrogen and oxygen atoms in total. The van der Waals surface area contributed by atoms with Gasteiger partial charge in [0.25, 0.3) is 0 Å². The Hall–Kier alpha value is -1.53. The predicted molar refractivity (Wildman–Crippen MR) is 88.5 cm³/mol. The first-order valence-corrected chi connectivity index (χ1v) is 8.49. The van der Waals surface area contributed by atoms with Crippen LogP contribution in [-0.2, 0) is 11.8 Å². The minimum absolute atomic E-state index is 0.103. The lowest BCUT2D eigenvalue weighted by molar-refractivity contribution is -0.113. The minimum Gasteiger partial charge on any atom is -0.324 e. The fourth-order valence-corrected chi connectivity index (χ4v) is 3.08. The number of halogens is 1. The molecule has 1 aromatic heterocycles. The van der Waals surface area contributed by atoms with E-state index in [4.69, 9.17) is 11.6 Å². The van der Waals surface area contributed by atoms with Crippen molar-refractivity contribution in [3.8, 4) is 0 Å². The van der Waals surface area contributed by atoms with Crippen LogP contribution in [0.1, 0.15) is 30.1 Å². The average Bonchev–Trinajstić information content (AvgIpc) is 3.25. The van der Waals surface area contributed by atoms with Crippen molar-refractivity contribution in [1.29, 1.82) is 0 Å². The number of rotatable bonds is 5. The second-order valence-corrected chi connectivity index (χ2v) is 6.84. The minimum atomic E-state index is -0.103. The third kappa shape index (κ3) is 3.44. The molecule has 7 heteroatoms. The van der Waals surface area contributed by atoms with Gasteiger partial charge in [-0.2, -0.15) is 0 Å². The lowest BCUT2D eigenvalue weighted by Crippen LogP contribution is -2.15. The smallest absolute Gasteiger partial charge is 0.234 e. The number of carbonyl (C=O) groups is 1. The summed E-state index contributed by atoms with van der Waals surface area (Å²) in [7, 11) is 1.95. The lowest BCUT2D eigenvalue weighted by atomic mass is 10.2. The highest BCUT2D eigenvalue weighted by Gasteiger charge is 2.29. The van der Waals surface area contributed by atoms with E-state index in [1.54, 1.807) is 6.07 Å². The van der Waals surface area contributed by atoms with E-state index < -0.39 is 0 Å². The molecule has 1 aliphatic rings. The van der Waals surface area contributed by atoms with E-state index >= 15 is 0 Å². The predicted octanol–water partition coefficient (Wildman–Crippen LogP) is 3.39. The zero-order chi connectivity index (χ0) is 15.7. The molecule has 0 atom stereocenters. The van der Waals surface area contributed by atoms with Crippen LogP contribution in [0.15, 0.2) is 23.4 Å². The van der Waals surface area contributed by atoms with E-state index in [0.717, 1.165) is 16.5 Å². The Labute approximate surface area is 138 Å². The van der Waals surface area contributed by atoms with E-state index in [9.17, 15) is 4.79 Å². The summed E-state index contributed by atoms with van der Waals surface area (Å²) in [5.41, 5.74) is 1.69. The van der Waals surface area contributed by atoms with Crippen molar-refractivity contribution in [3.05, 3.63) is 34.6 Å². The fraction of sp³-hybridized carbons (Fsp3) is 0.400. The van der Waals surface area contributed by atoms with Crippen LogP contribution in [-0.4, -0.2) is 26.4 Å². The Morgan fingerprint density at radius 1 is 1.45 bits per heavy atom. The maximum atomic E-state index is 12.1. The third-order valence-corrected chi connectivity index (χ3v) is 4.89. The molecule has 0 aliphatic heterocycles. The molecule has 1 saturated carbocycles. The van der Waals surface area contributed by atoms with Gasteiger partial charge >= 0.3 is 0 Å². The van der Waals surface area contributed by atoms with Crippen molar-refractivity contribution in [2.45, 2.75) is 30.8 Å². The van der Waals surface area contributed by atoms with Crippen LogP contribution >= 0.6 is 23.4 Å². The zero-order valence-corrected chi connectivity index (χ0v) is 14.0.